The van der Waals surface area contributed by atoms with Crippen LogP contribution in [0.3, 0.4) is 0 Å². The molecule has 9 heteroatoms. The molecule has 9 nitrogen and oxygen atoms in total. The molecule has 2 aromatic rings. The highest BCUT2D eigenvalue weighted by Gasteiger charge is 2.24. The topological polar surface area (TPSA) is 127 Å². The smallest absolute Gasteiger partial charge is 0.333 e. The largest absolute Gasteiger partial charge is 0.492 e. The van der Waals surface area contributed by atoms with Crippen molar-refractivity contribution in [2.75, 3.05) is 0 Å². The number of nitrogens with one attached hydrogen (secondary N) is 1. The minimum atomic E-state index is -1.03. The molecule has 0 radical (unpaired) electrons. The number of hydrogen-bond acceptors (Lipinski definition) is 7. The summed E-state index contributed by atoms with van der Waals surface area (Å²) in [4.78, 5) is 42.7. The van der Waals surface area contributed by atoms with E-state index in [0.717, 1.165) is 24.8 Å². The zero-order chi connectivity index (χ0) is 29.7. The normalized spacial score (nSPS) is 11.6. The van der Waals surface area contributed by atoms with E-state index in [1.165, 1.54) is 76.3 Å². The van der Waals surface area contributed by atoms with Crippen molar-refractivity contribution in [1.29, 1.82) is 0 Å². The van der Waals surface area contributed by atoms with E-state index in [2.05, 4.69) is 12.2 Å². The number of carbonyl (C=O) groups is 3. The van der Waals surface area contributed by atoms with Crippen molar-refractivity contribution in [2.45, 2.75) is 122 Å². The Kier molecular flexibility index (Phi) is 16.8. The summed E-state index contributed by atoms with van der Waals surface area (Å²) in [5.41, 5.74) is 0.802. The third-order valence-electron chi connectivity index (χ3n) is 6.98. The van der Waals surface area contributed by atoms with Crippen LogP contribution >= 0.6 is 0 Å². The molecule has 1 heterocycles. The first-order chi connectivity index (χ1) is 19.9. The number of aromatic nitrogens is 1. The van der Waals surface area contributed by atoms with Crippen molar-refractivity contribution in [3.8, 4) is 11.8 Å². The number of esters is 1. The number of benzene rings is 1. The van der Waals surface area contributed by atoms with Gasteiger partial charge in [0, 0.05) is 18.6 Å². The fourth-order valence-corrected chi connectivity index (χ4v) is 4.55. The first-order valence-electron chi connectivity index (χ1n) is 15.2. The molecular weight excluding hydrogens is 524 g/mol. The Bertz CT molecular complexity index is 1000. The summed E-state index contributed by atoms with van der Waals surface area (Å²) in [6.45, 7) is 2.28. The van der Waals surface area contributed by atoms with Gasteiger partial charge in [-0.05, 0) is 18.4 Å². The van der Waals surface area contributed by atoms with Crippen LogP contribution in [0.2, 0.25) is 0 Å². The monoisotopic (exact) mass is 572 g/mol. The van der Waals surface area contributed by atoms with Crippen molar-refractivity contribution in [2.24, 2.45) is 0 Å². The average Bonchev–Trinajstić information content (AvgIpc) is 3.29. The number of ether oxygens (including phenoxy) is 1. The second-order valence-electron chi connectivity index (χ2n) is 10.6. The van der Waals surface area contributed by atoms with Gasteiger partial charge in [-0.3, -0.25) is 4.79 Å². The molecule has 0 aliphatic rings. The molecule has 1 amide bonds. The fourth-order valence-electron chi connectivity index (χ4n) is 4.55. The summed E-state index contributed by atoms with van der Waals surface area (Å²) in [7, 11) is 0. The highest BCUT2D eigenvalue weighted by molar-refractivity contribution is 5.85. The zero-order valence-corrected chi connectivity index (χ0v) is 24.5. The minimum absolute atomic E-state index is 0.0421. The molecule has 2 rings (SSSR count). The molecule has 1 aromatic heterocycles. The molecule has 3 N–H and O–H groups in total. The van der Waals surface area contributed by atoms with Crippen molar-refractivity contribution in [3.63, 3.8) is 0 Å². The molecule has 0 unspecified atom stereocenters. The lowest BCUT2D eigenvalue weighted by Crippen LogP contribution is -2.42. The highest BCUT2D eigenvalue weighted by Crippen LogP contribution is 2.19. The SMILES string of the molecule is CCCCCCCCCCCCCCCC(=O)N[C@@H](CCC(=O)On1c(O)ccc1O)C(=O)OCc1ccccc1. The maximum absolute atomic E-state index is 12.8. The van der Waals surface area contributed by atoms with Gasteiger partial charge >= 0.3 is 11.9 Å². The highest BCUT2D eigenvalue weighted by atomic mass is 16.7. The summed E-state index contributed by atoms with van der Waals surface area (Å²) in [6, 6.07) is 10.5. The van der Waals surface area contributed by atoms with Gasteiger partial charge in [-0.15, -0.1) is 4.73 Å². The maximum atomic E-state index is 12.8. The molecule has 0 saturated heterocycles. The van der Waals surface area contributed by atoms with Crippen LogP contribution in [0.5, 0.6) is 11.8 Å². The number of unbranched alkanes of at least 4 members (excludes halogenated alkanes) is 12. The number of hydrogen-bond donors (Lipinski definition) is 3. The van der Waals surface area contributed by atoms with Gasteiger partial charge in [0.2, 0.25) is 17.7 Å². The molecule has 41 heavy (non-hydrogen) atoms. The summed E-state index contributed by atoms with van der Waals surface area (Å²) in [6.07, 6.45) is 15.7. The van der Waals surface area contributed by atoms with Crippen LogP contribution in [0.1, 0.15) is 115 Å². The lowest BCUT2D eigenvalue weighted by Gasteiger charge is -2.18. The third-order valence-corrected chi connectivity index (χ3v) is 6.98. The molecule has 228 valence electrons. The predicted molar refractivity (Wildman–Crippen MR) is 157 cm³/mol. The molecule has 1 atom stereocenters. The number of rotatable bonds is 22. The van der Waals surface area contributed by atoms with Crippen molar-refractivity contribution < 1.29 is 34.2 Å². The van der Waals surface area contributed by atoms with E-state index >= 15 is 0 Å². The van der Waals surface area contributed by atoms with Crippen LogP contribution in [0.25, 0.3) is 0 Å². The molecule has 0 saturated carbocycles. The Morgan fingerprint density at radius 3 is 1.85 bits per heavy atom. The Morgan fingerprint density at radius 2 is 1.29 bits per heavy atom. The average molecular weight is 573 g/mol. The van der Waals surface area contributed by atoms with Crippen LogP contribution in [-0.4, -0.2) is 38.8 Å². The van der Waals surface area contributed by atoms with E-state index < -0.39 is 29.7 Å². The molecule has 0 fully saturated rings. The van der Waals surface area contributed by atoms with Crippen LogP contribution in [-0.2, 0) is 25.7 Å². The molecule has 0 aliphatic heterocycles. The first kappa shape index (κ1) is 33.7. The van der Waals surface area contributed by atoms with Crippen LogP contribution in [0.15, 0.2) is 42.5 Å². The predicted octanol–water partition coefficient (Wildman–Crippen LogP) is 6.34. The Morgan fingerprint density at radius 1 is 0.756 bits per heavy atom. The van der Waals surface area contributed by atoms with Gasteiger partial charge in [0.15, 0.2) is 0 Å². The molecule has 0 bridgehead atoms. The van der Waals surface area contributed by atoms with Gasteiger partial charge in [0.05, 0.1) is 6.42 Å². The lowest BCUT2D eigenvalue weighted by molar-refractivity contribution is -0.150. The second kappa shape index (κ2) is 20.4. The molecule has 0 spiro atoms. The minimum Gasteiger partial charge on any atom is -0.492 e. The fraction of sp³-hybridized carbons (Fsp3) is 0.594. The third kappa shape index (κ3) is 14.6. The van der Waals surface area contributed by atoms with Crippen LogP contribution in [0, 0.1) is 0 Å². The number of carbonyl (C=O) groups excluding carboxylic acids is 3. The summed E-state index contributed by atoms with van der Waals surface area (Å²) in [5.74, 6) is -2.60. The summed E-state index contributed by atoms with van der Waals surface area (Å²) >= 11 is 0. The number of aromatic hydroxyl groups is 2. The van der Waals surface area contributed by atoms with Crippen molar-refractivity contribution in [1.82, 2.24) is 10.0 Å². The molecule has 0 aliphatic carbocycles. The van der Waals surface area contributed by atoms with E-state index in [9.17, 15) is 24.6 Å². The van der Waals surface area contributed by atoms with E-state index in [0.29, 0.717) is 4.73 Å². The van der Waals surface area contributed by atoms with Gasteiger partial charge in [-0.2, -0.15) is 0 Å². The van der Waals surface area contributed by atoms with Gasteiger partial charge in [-0.1, -0.05) is 114 Å². The standard InChI is InChI=1S/C32H48N2O7/c1-2-3-4-5-6-7-8-9-10-11-12-13-17-20-28(35)33-27(32(39)40-25-26-18-15-14-16-19-26)21-24-31(38)41-34-29(36)22-23-30(34)37/h14-16,18-19,22-23,27,36-37H,2-13,17,20-21,24-25H2,1H3,(H,33,35)/t27-/m0/s1. The first-order valence-corrected chi connectivity index (χ1v) is 15.2. The Balaban J connectivity index is 1.70. The number of nitrogens with zero attached hydrogens (tertiary/aromatic N) is 1. The van der Waals surface area contributed by atoms with Crippen molar-refractivity contribution >= 4 is 17.8 Å². The van der Waals surface area contributed by atoms with Crippen LogP contribution in [0.4, 0.5) is 0 Å². The zero-order valence-electron chi connectivity index (χ0n) is 24.5. The second-order valence-corrected chi connectivity index (χ2v) is 10.6. The summed E-state index contributed by atoms with van der Waals surface area (Å²) in [5, 5.41) is 22.0. The van der Waals surface area contributed by atoms with Gasteiger partial charge in [0.25, 0.3) is 0 Å². The lowest BCUT2D eigenvalue weighted by atomic mass is 10.0. The molecule has 1 aromatic carbocycles. The van der Waals surface area contributed by atoms with Gasteiger partial charge in [0.1, 0.15) is 12.6 Å². The van der Waals surface area contributed by atoms with E-state index in [-0.39, 0.29) is 31.8 Å². The van der Waals surface area contributed by atoms with Crippen LogP contribution < -0.4 is 10.2 Å². The molecular formula is C32H48N2O7. The Hall–Kier alpha value is -3.49. The number of amides is 1. The van der Waals surface area contributed by atoms with Gasteiger partial charge in [-0.25, -0.2) is 9.59 Å². The van der Waals surface area contributed by atoms with Gasteiger partial charge < -0.3 is 25.1 Å². The Labute approximate surface area is 244 Å². The van der Waals surface area contributed by atoms with E-state index in [1.54, 1.807) is 0 Å². The quantitative estimate of drug-likeness (QED) is 0.111. The maximum Gasteiger partial charge on any atom is 0.333 e. The summed E-state index contributed by atoms with van der Waals surface area (Å²) < 4.78 is 5.98. The van der Waals surface area contributed by atoms with E-state index in [4.69, 9.17) is 9.57 Å². The van der Waals surface area contributed by atoms with Crippen molar-refractivity contribution in [3.05, 3.63) is 48.0 Å². The van der Waals surface area contributed by atoms with E-state index in [1.807, 2.05) is 30.3 Å².